The van der Waals surface area contributed by atoms with Crippen molar-refractivity contribution in [2.75, 3.05) is 13.7 Å². The second-order valence-electron chi connectivity index (χ2n) is 4.73. The summed E-state index contributed by atoms with van der Waals surface area (Å²) in [6.45, 7) is 2.41. The predicted octanol–water partition coefficient (Wildman–Crippen LogP) is 2.67. The summed E-state index contributed by atoms with van der Waals surface area (Å²) >= 11 is 1.51. The van der Waals surface area contributed by atoms with Crippen LogP contribution in [0.3, 0.4) is 0 Å². The van der Waals surface area contributed by atoms with Crippen molar-refractivity contribution in [3.05, 3.63) is 57.3 Å². The molecule has 21 heavy (non-hydrogen) atoms. The van der Waals surface area contributed by atoms with Crippen molar-refractivity contribution in [3.8, 4) is 11.8 Å². The van der Waals surface area contributed by atoms with Crippen molar-refractivity contribution in [1.82, 2.24) is 4.90 Å². The molecule has 1 aromatic carbocycles. The van der Waals surface area contributed by atoms with Gasteiger partial charge in [0, 0.05) is 24.0 Å². The topological polar surface area (TPSA) is 40.5 Å². The second-order valence-corrected chi connectivity index (χ2v) is 6.02. The van der Waals surface area contributed by atoms with E-state index in [1.807, 2.05) is 43.3 Å². The van der Waals surface area contributed by atoms with E-state index in [-0.39, 0.29) is 12.5 Å². The molecule has 0 radical (unpaired) electrons. The Bertz CT molecular complexity index is 677. The van der Waals surface area contributed by atoms with Crippen molar-refractivity contribution in [3.63, 3.8) is 0 Å². The summed E-state index contributed by atoms with van der Waals surface area (Å²) in [7, 11) is 1.80. The van der Waals surface area contributed by atoms with E-state index in [1.165, 1.54) is 11.3 Å². The van der Waals surface area contributed by atoms with Crippen LogP contribution in [-0.4, -0.2) is 29.6 Å². The van der Waals surface area contributed by atoms with E-state index < -0.39 is 0 Å². The molecule has 2 aromatic rings. The highest BCUT2D eigenvalue weighted by molar-refractivity contribution is 7.13. The summed E-state index contributed by atoms with van der Waals surface area (Å²) in [4.78, 5) is 15.9. The molecule has 4 heteroatoms. The van der Waals surface area contributed by atoms with Crippen LogP contribution in [0.4, 0.5) is 0 Å². The first-order valence-electron chi connectivity index (χ1n) is 6.60. The average molecular weight is 299 g/mol. The highest BCUT2D eigenvalue weighted by Gasteiger charge is 2.13. The van der Waals surface area contributed by atoms with Gasteiger partial charge in [-0.15, -0.1) is 11.3 Å². The highest BCUT2D eigenvalue weighted by Crippen LogP contribution is 2.17. The fraction of sp³-hybridized carbons (Fsp3) is 0.235. The molecular weight excluding hydrogens is 282 g/mol. The Morgan fingerprint density at radius 3 is 2.52 bits per heavy atom. The van der Waals surface area contributed by atoms with E-state index in [1.54, 1.807) is 11.9 Å². The average Bonchev–Trinajstić information content (AvgIpc) is 2.92. The molecule has 3 nitrogen and oxygen atoms in total. The number of nitrogens with zero attached hydrogens (tertiary/aromatic N) is 1. The second kappa shape index (κ2) is 7.07. The SMILES string of the molecule is Cc1ccc(C(=O)N(C)Cc2ccc(C#CCO)cc2)s1. The zero-order valence-corrected chi connectivity index (χ0v) is 12.9. The number of rotatable bonds is 3. The minimum atomic E-state index is -0.140. The van der Waals surface area contributed by atoms with Gasteiger partial charge in [0.25, 0.3) is 5.91 Å². The molecule has 1 aromatic heterocycles. The molecular formula is C17H17NO2S. The number of aryl methyl sites for hydroxylation is 1. The van der Waals surface area contributed by atoms with Crippen LogP contribution in [0.25, 0.3) is 0 Å². The normalized spacial score (nSPS) is 9.86. The predicted molar refractivity (Wildman–Crippen MR) is 85.3 cm³/mol. The number of hydrogen-bond acceptors (Lipinski definition) is 3. The molecule has 0 saturated heterocycles. The zero-order chi connectivity index (χ0) is 15.2. The van der Waals surface area contributed by atoms with Crippen LogP contribution < -0.4 is 0 Å². The molecule has 1 amide bonds. The van der Waals surface area contributed by atoms with Crippen molar-refractivity contribution in [2.45, 2.75) is 13.5 Å². The van der Waals surface area contributed by atoms with Gasteiger partial charge < -0.3 is 10.0 Å². The lowest BCUT2D eigenvalue weighted by atomic mass is 10.1. The smallest absolute Gasteiger partial charge is 0.263 e. The van der Waals surface area contributed by atoms with E-state index >= 15 is 0 Å². The first-order valence-corrected chi connectivity index (χ1v) is 7.42. The van der Waals surface area contributed by atoms with Gasteiger partial charge in [-0.1, -0.05) is 24.0 Å². The minimum absolute atomic E-state index is 0.0391. The molecule has 0 unspecified atom stereocenters. The van der Waals surface area contributed by atoms with Gasteiger partial charge in [0.05, 0.1) is 4.88 Å². The molecule has 0 spiro atoms. The molecule has 0 fully saturated rings. The standard InChI is InChI=1S/C17H17NO2S/c1-13-5-10-16(21-13)17(20)18(2)12-15-8-6-14(7-9-15)4-3-11-19/h5-10,19H,11-12H2,1-2H3. The van der Waals surface area contributed by atoms with E-state index in [9.17, 15) is 4.79 Å². The summed E-state index contributed by atoms with van der Waals surface area (Å²) in [5.41, 5.74) is 1.91. The van der Waals surface area contributed by atoms with Crippen LogP contribution in [-0.2, 0) is 6.54 Å². The highest BCUT2D eigenvalue weighted by atomic mass is 32.1. The van der Waals surface area contributed by atoms with Crippen molar-refractivity contribution in [1.29, 1.82) is 0 Å². The molecule has 0 atom stereocenters. The van der Waals surface area contributed by atoms with Crippen molar-refractivity contribution >= 4 is 17.2 Å². The number of carbonyl (C=O) groups is 1. The maximum Gasteiger partial charge on any atom is 0.263 e. The molecule has 2 rings (SSSR count). The molecule has 0 saturated carbocycles. The third kappa shape index (κ3) is 4.19. The van der Waals surface area contributed by atoms with Crippen LogP contribution >= 0.6 is 11.3 Å². The Kier molecular flexibility index (Phi) is 5.15. The lowest BCUT2D eigenvalue weighted by Gasteiger charge is -2.16. The van der Waals surface area contributed by atoms with Gasteiger partial charge in [0.1, 0.15) is 6.61 Å². The van der Waals surface area contributed by atoms with E-state index in [0.717, 1.165) is 20.9 Å². The van der Waals surface area contributed by atoms with Crippen LogP contribution in [0.5, 0.6) is 0 Å². The largest absolute Gasteiger partial charge is 0.384 e. The number of carbonyl (C=O) groups excluding carboxylic acids is 1. The maximum absolute atomic E-state index is 12.3. The van der Waals surface area contributed by atoms with E-state index in [2.05, 4.69) is 11.8 Å². The van der Waals surface area contributed by atoms with Crippen molar-refractivity contribution < 1.29 is 9.90 Å². The Labute approximate surface area is 128 Å². The van der Waals surface area contributed by atoms with Crippen LogP contribution in [0.15, 0.2) is 36.4 Å². The van der Waals surface area contributed by atoms with Gasteiger partial charge in [-0.2, -0.15) is 0 Å². The Morgan fingerprint density at radius 2 is 1.95 bits per heavy atom. The van der Waals surface area contributed by atoms with Gasteiger partial charge in [-0.05, 0) is 36.8 Å². The van der Waals surface area contributed by atoms with Gasteiger partial charge in [0.2, 0.25) is 0 Å². The first-order chi connectivity index (χ1) is 10.1. The van der Waals surface area contributed by atoms with Gasteiger partial charge in [-0.25, -0.2) is 0 Å². The molecule has 0 aliphatic rings. The molecule has 0 aliphatic heterocycles. The quantitative estimate of drug-likeness (QED) is 0.885. The molecule has 108 valence electrons. The van der Waals surface area contributed by atoms with Gasteiger partial charge in [-0.3, -0.25) is 4.79 Å². The fourth-order valence-electron chi connectivity index (χ4n) is 1.92. The van der Waals surface area contributed by atoms with Crippen LogP contribution in [0.2, 0.25) is 0 Å². The Balaban J connectivity index is 2.02. The first kappa shape index (κ1) is 15.3. The minimum Gasteiger partial charge on any atom is -0.384 e. The molecule has 1 N–H and O–H groups in total. The number of aliphatic hydroxyl groups is 1. The van der Waals surface area contributed by atoms with Gasteiger partial charge in [0.15, 0.2) is 0 Å². The van der Waals surface area contributed by atoms with Crippen LogP contribution in [0.1, 0.15) is 25.7 Å². The fourth-order valence-corrected chi connectivity index (χ4v) is 2.78. The monoisotopic (exact) mass is 299 g/mol. The lowest BCUT2D eigenvalue weighted by molar-refractivity contribution is 0.0790. The summed E-state index contributed by atoms with van der Waals surface area (Å²) in [6.07, 6.45) is 0. The third-order valence-corrected chi connectivity index (χ3v) is 3.97. The number of thiophene rings is 1. The van der Waals surface area contributed by atoms with Crippen LogP contribution in [0, 0.1) is 18.8 Å². The summed E-state index contributed by atoms with van der Waals surface area (Å²) < 4.78 is 0. The molecule has 0 bridgehead atoms. The molecule has 0 aliphatic carbocycles. The lowest BCUT2D eigenvalue weighted by Crippen LogP contribution is -2.25. The van der Waals surface area contributed by atoms with E-state index in [4.69, 9.17) is 5.11 Å². The summed E-state index contributed by atoms with van der Waals surface area (Å²) in [6, 6.07) is 11.5. The van der Waals surface area contributed by atoms with Gasteiger partial charge >= 0.3 is 0 Å². The third-order valence-electron chi connectivity index (χ3n) is 2.98. The number of aliphatic hydroxyl groups excluding tert-OH is 1. The summed E-state index contributed by atoms with van der Waals surface area (Å²) in [5, 5.41) is 8.66. The summed E-state index contributed by atoms with van der Waals surface area (Å²) in [5.74, 6) is 5.50. The number of amides is 1. The molecule has 1 heterocycles. The van der Waals surface area contributed by atoms with Crippen molar-refractivity contribution in [2.24, 2.45) is 0 Å². The number of hydrogen-bond donors (Lipinski definition) is 1. The zero-order valence-electron chi connectivity index (χ0n) is 12.1. The Hall–Kier alpha value is -2.09. The Morgan fingerprint density at radius 1 is 1.24 bits per heavy atom. The maximum atomic E-state index is 12.3. The van der Waals surface area contributed by atoms with E-state index in [0.29, 0.717) is 6.54 Å². The number of benzene rings is 1.